The van der Waals surface area contributed by atoms with Crippen molar-refractivity contribution in [1.29, 1.82) is 0 Å². The van der Waals surface area contributed by atoms with Crippen molar-refractivity contribution < 1.29 is 14.3 Å². The third-order valence-corrected chi connectivity index (χ3v) is 2.59. The summed E-state index contributed by atoms with van der Waals surface area (Å²) in [7, 11) is 0. The Morgan fingerprint density at radius 1 is 1.38 bits per heavy atom. The lowest BCUT2D eigenvalue weighted by atomic mass is 9.92. The molecule has 0 bridgehead atoms. The molecule has 0 heterocycles. The fourth-order valence-electron chi connectivity index (χ4n) is 1.75. The van der Waals surface area contributed by atoms with Gasteiger partial charge in [0.2, 0.25) is 0 Å². The molecular weight excluding hydrogens is 207 g/mol. The van der Waals surface area contributed by atoms with Crippen molar-refractivity contribution in [1.82, 2.24) is 0 Å². The Kier molecular flexibility index (Phi) is 4.96. The third-order valence-electron chi connectivity index (χ3n) is 2.59. The van der Waals surface area contributed by atoms with Crippen molar-refractivity contribution in [3.8, 4) is 0 Å². The summed E-state index contributed by atoms with van der Waals surface area (Å²) in [5.41, 5.74) is 0.675. The van der Waals surface area contributed by atoms with Crippen LogP contribution < -0.4 is 0 Å². The van der Waals surface area contributed by atoms with Crippen LogP contribution >= 0.6 is 0 Å². The second-order valence-corrected chi connectivity index (χ2v) is 3.92. The summed E-state index contributed by atoms with van der Waals surface area (Å²) < 4.78 is 13.4. The Hall–Kier alpha value is -1.38. The highest BCUT2D eigenvalue weighted by Gasteiger charge is 2.23. The summed E-state index contributed by atoms with van der Waals surface area (Å²) in [6, 6.07) is 8.84. The first-order valence-electron chi connectivity index (χ1n) is 5.57. The van der Waals surface area contributed by atoms with Gasteiger partial charge in [0.15, 0.2) is 0 Å². The highest BCUT2D eigenvalue weighted by atomic mass is 19.1. The second kappa shape index (κ2) is 6.26. The summed E-state index contributed by atoms with van der Waals surface area (Å²) in [4.78, 5) is 11.1. The Morgan fingerprint density at radius 2 is 2.00 bits per heavy atom. The molecule has 0 aliphatic heterocycles. The van der Waals surface area contributed by atoms with Crippen LogP contribution in [0.2, 0.25) is 0 Å². The SMILES string of the molecule is CCCC(F)CC(C(=O)O)c1ccccc1. The van der Waals surface area contributed by atoms with E-state index in [9.17, 15) is 9.18 Å². The van der Waals surface area contributed by atoms with Crippen LogP contribution in [0, 0.1) is 0 Å². The number of rotatable bonds is 6. The van der Waals surface area contributed by atoms with Gasteiger partial charge in [0.1, 0.15) is 6.17 Å². The number of carbonyl (C=O) groups is 1. The monoisotopic (exact) mass is 224 g/mol. The van der Waals surface area contributed by atoms with E-state index in [4.69, 9.17) is 5.11 Å². The Morgan fingerprint density at radius 3 is 2.50 bits per heavy atom. The Labute approximate surface area is 95.1 Å². The van der Waals surface area contributed by atoms with E-state index in [0.717, 1.165) is 6.42 Å². The summed E-state index contributed by atoms with van der Waals surface area (Å²) in [5, 5.41) is 9.08. The van der Waals surface area contributed by atoms with Crippen LogP contribution in [0.25, 0.3) is 0 Å². The number of aliphatic carboxylic acids is 1. The minimum absolute atomic E-state index is 0.0627. The topological polar surface area (TPSA) is 37.3 Å². The molecule has 2 atom stereocenters. The molecule has 2 nitrogen and oxygen atoms in total. The number of hydrogen-bond donors (Lipinski definition) is 1. The molecule has 1 aromatic carbocycles. The molecule has 2 unspecified atom stereocenters. The number of benzene rings is 1. The van der Waals surface area contributed by atoms with Gasteiger partial charge in [-0.3, -0.25) is 4.79 Å². The van der Waals surface area contributed by atoms with Crippen LogP contribution in [0.3, 0.4) is 0 Å². The van der Waals surface area contributed by atoms with E-state index in [1.165, 1.54) is 0 Å². The van der Waals surface area contributed by atoms with Crippen LogP contribution in [0.5, 0.6) is 0 Å². The fraction of sp³-hybridized carbons (Fsp3) is 0.462. The van der Waals surface area contributed by atoms with E-state index in [0.29, 0.717) is 12.0 Å². The van der Waals surface area contributed by atoms with E-state index in [2.05, 4.69) is 0 Å². The largest absolute Gasteiger partial charge is 0.481 e. The summed E-state index contributed by atoms with van der Waals surface area (Å²) in [5.74, 6) is -1.69. The molecule has 0 saturated carbocycles. The van der Waals surface area contributed by atoms with Gasteiger partial charge < -0.3 is 5.11 Å². The third kappa shape index (κ3) is 3.65. The molecule has 0 aliphatic carbocycles. The van der Waals surface area contributed by atoms with E-state index in [1.807, 2.05) is 13.0 Å². The maximum Gasteiger partial charge on any atom is 0.311 e. The van der Waals surface area contributed by atoms with Crippen molar-refractivity contribution >= 4 is 5.97 Å². The van der Waals surface area contributed by atoms with Crippen molar-refractivity contribution in [2.45, 2.75) is 38.3 Å². The van der Waals surface area contributed by atoms with E-state index in [1.54, 1.807) is 24.3 Å². The molecule has 88 valence electrons. The zero-order valence-electron chi connectivity index (χ0n) is 9.40. The molecular formula is C13H17FO2. The fourth-order valence-corrected chi connectivity index (χ4v) is 1.75. The lowest BCUT2D eigenvalue weighted by Crippen LogP contribution is -2.16. The van der Waals surface area contributed by atoms with Gasteiger partial charge in [-0.1, -0.05) is 43.7 Å². The number of carboxylic acids is 1. The number of alkyl halides is 1. The van der Waals surface area contributed by atoms with Gasteiger partial charge in [-0.15, -0.1) is 0 Å². The Bertz CT molecular complexity index is 324. The molecule has 0 spiro atoms. The molecule has 0 fully saturated rings. The first-order chi connectivity index (χ1) is 7.65. The van der Waals surface area contributed by atoms with Gasteiger partial charge in [-0.25, -0.2) is 4.39 Å². The van der Waals surface area contributed by atoms with Crippen LogP contribution in [-0.2, 0) is 4.79 Å². The Balaban J connectivity index is 2.73. The molecule has 3 heteroatoms. The maximum atomic E-state index is 13.4. The predicted octanol–water partition coefficient (Wildman–Crippen LogP) is 3.38. The molecule has 0 aliphatic rings. The van der Waals surface area contributed by atoms with E-state index < -0.39 is 18.1 Å². The predicted molar refractivity (Wildman–Crippen MR) is 61.2 cm³/mol. The van der Waals surface area contributed by atoms with Crippen molar-refractivity contribution in [3.63, 3.8) is 0 Å². The molecule has 16 heavy (non-hydrogen) atoms. The standard InChI is InChI=1S/C13H17FO2/c1-2-6-11(14)9-12(13(15)16)10-7-4-3-5-8-10/h3-5,7-8,11-12H,2,6,9H2,1H3,(H,15,16). The zero-order chi connectivity index (χ0) is 12.0. The van der Waals surface area contributed by atoms with Crippen LogP contribution in [0.4, 0.5) is 4.39 Å². The summed E-state index contributed by atoms with van der Waals surface area (Å²) >= 11 is 0. The van der Waals surface area contributed by atoms with Crippen LogP contribution in [0.15, 0.2) is 30.3 Å². The number of halogens is 1. The van der Waals surface area contributed by atoms with Crippen molar-refractivity contribution in [2.75, 3.05) is 0 Å². The maximum absolute atomic E-state index is 13.4. The lowest BCUT2D eigenvalue weighted by molar-refractivity contribution is -0.139. The van der Waals surface area contributed by atoms with Crippen molar-refractivity contribution in [3.05, 3.63) is 35.9 Å². The first kappa shape index (κ1) is 12.7. The number of carboxylic acid groups (broad SMARTS) is 1. The van der Waals surface area contributed by atoms with E-state index in [-0.39, 0.29) is 6.42 Å². The average molecular weight is 224 g/mol. The molecule has 1 aromatic rings. The highest BCUT2D eigenvalue weighted by Crippen LogP contribution is 2.24. The molecule has 0 aromatic heterocycles. The molecule has 1 N–H and O–H groups in total. The normalized spacial score (nSPS) is 14.4. The van der Waals surface area contributed by atoms with Gasteiger partial charge in [0.25, 0.3) is 0 Å². The lowest BCUT2D eigenvalue weighted by Gasteiger charge is -2.15. The molecule has 1 rings (SSSR count). The van der Waals surface area contributed by atoms with Gasteiger partial charge in [-0.2, -0.15) is 0 Å². The number of hydrogen-bond acceptors (Lipinski definition) is 1. The zero-order valence-corrected chi connectivity index (χ0v) is 9.40. The van der Waals surface area contributed by atoms with Gasteiger partial charge in [0.05, 0.1) is 5.92 Å². The summed E-state index contributed by atoms with van der Waals surface area (Å²) in [6.07, 6.45) is 0.192. The summed E-state index contributed by atoms with van der Waals surface area (Å²) in [6.45, 7) is 1.89. The smallest absolute Gasteiger partial charge is 0.311 e. The minimum Gasteiger partial charge on any atom is -0.481 e. The average Bonchev–Trinajstić information content (AvgIpc) is 2.27. The first-order valence-corrected chi connectivity index (χ1v) is 5.57. The minimum atomic E-state index is -1.04. The molecule has 0 saturated heterocycles. The second-order valence-electron chi connectivity index (χ2n) is 3.92. The van der Waals surface area contributed by atoms with Gasteiger partial charge >= 0.3 is 5.97 Å². The van der Waals surface area contributed by atoms with Gasteiger partial charge in [-0.05, 0) is 18.4 Å². The highest BCUT2D eigenvalue weighted by molar-refractivity contribution is 5.76. The molecule has 0 radical (unpaired) electrons. The van der Waals surface area contributed by atoms with Crippen molar-refractivity contribution in [2.24, 2.45) is 0 Å². The van der Waals surface area contributed by atoms with Crippen LogP contribution in [0.1, 0.15) is 37.7 Å². The quantitative estimate of drug-likeness (QED) is 0.804. The van der Waals surface area contributed by atoms with Gasteiger partial charge in [0, 0.05) is 0 Å². The van der Waals surface area contributed by atoms with E-state index >= 15 is 0 Å². The van der Waals surface area contributed by atoms with Crippen LogP contribution in [-0.4, -0.2) is 17.2 Å². The molecule has 0 amide bonds.